The highest BCUT2D eigenvalue weighted by molar-refractivity contribution is 14.1. The van der Waals surface area contributed by atoms with E-state index in [2.05, 4.69) is 39.4 Å². The molecule has 0 aromatic carbocycles. The summed E-state index contributed by atoms with van der Waals surface area (Å²) in [7, 11) is 0. The van der Waals surface area contributed by atoms with E-state index in [4.69, 9.17) is 0 Å². The molecule has 1 saturated heterocycles. The van der Waals surface area contributed by atoms with E-state index < -0.39 is 0 Å². The summed E-state index contributed by atoms with van der Waals surface area (Å²) in [6, 6.07) is 0.798. The van der Waals surface area contributed by atoms with Crippen molar-refractivity contribution >= 4 is 27.6 Å². The Hall–Kier alpha value is 0.755. The van der Waals surface area contributed by atoms with Crippen LogP contribution in [-0.2, 0) is 0 Å². The monoisotopic (exact) mass is 222 g/mol. The van der Waals surface area contributed by atoms with E-state index in [1.54, 1.807) is 0 Å². The first-order valence-electron chi connectivity index (χ1n) is 3.04. The van der Waals surface area contributed by atoms with Crippen LogP contribution in [0.15, 0.2) is 0 Å². The van der Waals surface area contributed by atoms with E-state index in [-0.39, 0.29) is 0 Å². The van der Waals surface area contributed by atoms with E-state index in [0.717, 1.165) is 6.04 Å². The van der Waals surface area contributed by atoms with Gasteiger partial charge in [0.05, 0.1) is 0 Å². The van der Waals surface area contributed by atoms with Crippen molar-refractivity contribution < 1.29 is 0 Å². The summed E-state index contributed by atoms with van der Waals surface area (Å²) in [6.07, 6.45) is 2.75. The summed E-state index contributed by atoms with van der Waals surface area (Å²) in [5, 5.41) is 2.16. The minimum Gasteiger partial charge on any atom is -0.334 e. The van der Waals surface area contributed by atoms with Gasteiger partial charge in [-0.25, -0.2) is 0 Å². The van der Waals surface area contributed by atoms with Crippen LogP contribution in [0.5, 0.6) is 0 Å². The Morgan fingerprint density at radius 2 is 2.50 bits per heavy atom. The van der Waals surface area contributed by atoms with Gasteiger partial charge in [-0.05, 0) is 25.4 Å². The van der Waals surface area contributed by atoms with E-state index in [1.807, 2.05) is 0 Å². The lowest BCUT2D eigenvalue weighted by Crippen LogP contribution is -2.27. The van der Waals surface area contributed by atoms with Crippen LogP contribution in [0.4, 0.5) is 0 Å². The summed E-state index contributed by atoms with van der Waals surface area (Å²) < 4.78 is 0. The maximum absolute atomic E-state index is 2.39. The maximum atomic E-state index is 2.39. The van der Waals surface area contributed by atoms with Crippen molar-refractivity contribution in [2.45, 2.75) is 25.8 Å². The molecule has 3 heteroatoms. The molecule has 0 spiro atoms. The molecule has 1 atom stereocenters. The van der Waals surface area contributed by atoms with E-state index in [0.29, 0.717) is 0 Å². The molecular weight excluding hydrogens is 212 g/mol. The topological polar surface area (TPSA) is 3.24 Å². The van der Waals surface area contributed by atoms with Crippen molar-refractivity contribution in [3.8, 4) is 0 Å². The van der Waals surface area contributed by atoms with Gasteiger partial charge >= 0.3 is 0 Å². The summed E-state index contributed by atoms with van der Waals surface area (Å²) in [4.78, 5) is 2.39. The molecule has 0 aromatic heterocycles. The zero-order valence-corrected chi connectivity index (χ0v) is 7.26. The van der Waals surface area contributed by atoms with Crippen LogP contribution in [0, 0.1) is 0 Å². The smallest absolute Gasteiger partial charge is 0.295 e. The number of rotatable bonds is 1. The van der Waals surface area contributed by atoms with Crippen molar-refractivity contribution in [3.63, 3.8) is 0 Å². The van der Waals surface area contributed by atoms with Gasteiger partial charge in [-0.15, -0.1) is 22.4 Å². The quantitative estimate of drug-likeness (QED) is 0.479. The Labute approximate surface area is 65.0 Å². The zero-order chi connectivity index (χ0) is 5.98. The van der Waals surface area contributed by atoms with Gasteiger partial charge in [0.1, 0.15) is 0 Å². The lowest BCUT2D eigenvalue weighted by atomic mass is 10.2. The van der Waals surface area contributed by atoms with Crippen LogP contribution < -0.4 is 0 Å². The second-order valence-corrected chi connectivity index (χ2v) is 2.88. The zero-order valence-electron chi connectivity index (χ0n) is 5.10. The molecule has 1 heterocycles. The number of hydrogen-bond donors (Lipinski definition) is 0. The predicted molar refractivity (Wildman–Crippen MR) is 45.2 cm³/mol. The minimum absolute atomic E-state index is 0.798. The molecule has 45 valence electrons. The maximum Gasteiger partial charge on any atom is 0.295 e. The van der Waals surface area contributed by atoms with Gasteiger partial charge in [0, 0.05) is 0 Å². The highest BCUT2D eigenvalue weighted by atomic mass is 127. The van der Waals surface area contributed by atoms with Gasteiger partial charge in [0.15, 0.2) is 0 Å². The Bertz CT molecular complexity index is 78.8. The first kappa shape index (κ1) is 6.87. The highest BCUT2D eigenvalue weighted by Gasteiger charge is 2.18. The van der Waals surface area contributed by atoms with E-state index in [9.17, 15) is 0 Å². The minimum atomic E-state index is 0.798. The molecule has 1 unspecified atom stereocenters. The van der Waals surface area contributed by atoms with Gasteiger partial charge in [0.2, 0.25) is 0 Å². The Morgan fingerprint density at radius 1 is 1.75 bits per heavy atom. The second kappa shape index (κ2) is 3.06. The first-order chi connectivity index (χ1) is 3.84. The lowest BCUT2D eigenvalue weighted by Gasteiger charge is -2.15. The number of nitrogens with zero attached hydrogens (tertiary/aromatic N) is 1. The summed E-state index contributed by atoms with van der Waals surface area (Å²) in [5.41, 5.74) is 0. The Morgan fingerprint density at radius 3 is 2.75 bits per heavy atom. The molecule has 1 nitrogen and oxygen atoms in total. The third-order valence-corrected chi connectivity index (χ3v) is 2.45. The normalized spacial score (nSPS) is 31.0. The second-order valence-electron chi connectivity index (χ2n) is 2.33. The van der Waals surface area contributed by atoms with Crippen LogP contribution in [0.3, 0.4) is 0 Å². The molecule has 1 aliphatic rings. The third kappa shape index (κ3) is 1.38. The molecule has 0 N–H and O–H groups in total. The average molecular weight is 222 g/mol. The van der Waals surface area contributed by atoms with Crippen LogP contribution in [0.25, 0.3) is 0 Å². The molecule has 0 bridgehead atoms. The molecule has 1 aliphatic heterocycles. The standard InChI is InChI=1S/C5H10BIN/c1-5-3-2-4-8(5)6-7/h5H,2-4H2,1H3. The number of halogens is 1. The van der Waals surface area contributed by atoms with Gasteiger partial charge in [0.25, 0.3) is 5.27 Å². The summed E-state index contributed by atoms with van der Waals surface area (Å²) in [5.74, 6) is 0. The fourth-order valence-electron chi connectivity index (χ4n) is 1.10. The Kier molecular flexibility index (Phi) is 2.63. The Balaban J connectivity index is 2.30. The van der Waals surface area contributed by atoms with Crippen LogP contribution in [0.1, 0.15) is 19.8 Å². The molecule has 1 fully saturated rings. The fourth-order valence-corrected chi connectivity index (χ4v) is 1.93. The molecule has 8 heavy (non-hydrogen) atoms. The highest BCUT2D eigenvalue weighted by Crippen LogP contribution is 2.15. The number of hydrogen-bond acceptors (Lipinski definition) is 1. The molecule has 0 aromatic rings. The van der Waals surface area contributed by atoms with Crippen LogP contribution >= 0.6 is 22.4 Å². The predicted octanol–water partition coefficient (Wildman–Crippen LogP) is 1.44. The van der Waals surface area contributed by atoms with Crippen LogP contribution in [0.2, 0.25) is 0 Å². The SMILES string of the molecule is CC1CCCN1[B]I. The van der Waals surface area contributed by atoms with Crippen molar-refractivity contribution in [2.75, 3.05) is 6.54 Å². The first-order valence-corrected chi connectivity index (χ1v) is 4.28. The van der Waals surface area contributed by atoms with Crippen molar-refractivity contribution in [3.05, 3.63) is 0 Å². The van der Waals surface area contributed by atoms with Crippen LogP contribution in [-0.4, -0.2) is 22.7 Å². The van der Waals surface area contributed by atoms with Gasteiger partial charge < -0.3 is 4.81 Å². The molecule has 0 saturated carbocycles. The van der Waals surface area contributed by atoms with Gasteiger partial charge in [-0.1, -0.05) is 6.92 Å². The lowest BCUT2D eigenvalue weighted by molar-refractivity contribution is 0.448. The van der Waals surface area contributed by atoms with E-state index in [1.165, 1.54) is 19.4 Å². The molecule has 1 rings (SSSR count). The molecule has 0 aliphatic carbocycles. The van der Waals surface area contributed by atoms with E-state index >= 15 is 0 Å². The van der Waals surface area contributed by atoms with Crippen molar-refractivity contribution in [1.82, 2.24) is 4.81 Å². The van der Waals surface area contributed by atoms with Crippen molar-refractivity contribution in [2.24, 2.45) is 0 Å². The largest absolute Gasteiger partial charge is 0.334 e. The molecule has 0 amide bonds. The van der Waals surface area contributed by atoms with Crippen molar-refractivity contribution in [1.29, 1.82) is 0 Å². The summed E-state index contributed by atoms with van der Waals surface area (Å²) in [6.45, 7) is 3.55. The molecule has 1 radical (unpaired) electrons. The van der Waals surface area contributed by atoms with Gasteiger partial charge in [-0.3, -0.25) is 0 Å². The average Bonchev–Trinajstić information content (AvgIpc) is 2.14. The summed E-state index contributed by atoms with van der Waals surface area (Å²) >= 11 is 2.31. The fraction of sp³-hybridized carbons (Fsp3) is 1.00. The third-order valence-electron chi connectivity index (χ3n) is 1.73. The van der Waals surface area contributed by atoms with Gasteiger partial charge in [-0.2, -0.15) is 0 Å². The molecular formula is C5H10BIN.